The molecule has 1 aromatic carbocycles. The van der Waals surface area contributed by atoms with Crippen LogP contribution in [-0.2, 0) is 16.3 Å². The number of sulfone groups is 1. The molecular weight excluding hydrogens is 258 g/mol. The van der Waals surface area contributed by atoms with E-state index in [0.29, 0.717) is 11.5 Å². The van der Waals surface area contributed by atoms with Crippen LogP contribution in [0.4, 0.5) is 0 Å². The number of hydrogen-bond donors (Lipinski definition) is 1. The Balaban J connectivity index is 2.19. The van der Waals surface area contributed by atoms with Gasteiger partial charge in [0.1, 0.15) is 0 Å². The van der Waals surface area contributed by atoms with Gasteiger partial charge in [-0.05, 0) is 36.4 Å². The standard InChI is InChI=1S/C15H23NO2S/c1-3-12-5-7-13(8-6-12)15(16-4-2)14-9-10-19(17,18)11-14/h5-8,14-16H,3-4,9-11H2,1-2H3. The van der Waals surface area contributed by atoms with Crippen LogP contribution in [-0.4, -0.2) is 26.5 Å². The second kappa shape index (κ2) is 6.06. The van der Waals surface area contributed by atoms with E-state index in [-0.39, 0.29) is 12.0 Å². The highest BCUT2D eigenvalue weighted by Crippen LogP contribution is 2.31. The Morgan fingerprint density at radius 1 is 1.26 bits per heavy atom. The minimum Gasteiger partial charge on any atom is -0.310 e. The normalized spacial score (nSPS) is 23.4. The second-order valence-electron chi connectivity index (χ2n) is 5.29. The monoisotopic (exact) mass is 281 g/mol. The summed E-state index contributed by atoms with van der Waals surface area (Å²) in [6, 6.07) is 8.72. The number of benzene rings is 1. The summed E-state index contributed by atoms with van der Waals surface area (Å²) >= 11 is 0. The van der Waals surface area contributed by atoms with Crippen molar-refractivity contribution in [3.8, 4) is 0 Å². The summed E-state index contributed by atoms with van der Waals surface area (Å²) in [4.78, 5) is 0. The van der Waals surface area contributed by atoms with Gasteiger partial charge in [0.15, 0.2) is 9.84 Å². The molecule has 0 aromatic heterocycles. The first kappa shape index (κ1) is 14.5. The fourth-order valence-corrected chi connectivity index (χ4v) is 4.66. The summed E-state index contributed by atoms with van der Waals surface area (Å²) < 4.78 is 23.3. The lowest BCUT2D eigenvalue weighted by Gasteiger charge is -2.24. The largest absolute Gasteiger partial charge is 0.310 e. The number of aryl methyl sites for hydroxylation is 1. The van der Waals surface area contributed by atoms with Crippen molar-refractivity contribution >= 4 is 9.84 Å². The fraction of sp³-hybridized carbons (Fsp3) is 0.600. The molecule has 4 heteroatoms. The van der Waals surface area contributed by atoms with Crippen molar-refractivity contribution < 1.29 is 8.42 Å². The van der Waals surface area contributed by atoms with Crippen LogP contribution in [0.15, 0.2) is 24.3 Å². The predicted octanol–water partition coefficient (Wildman–Crippen LogP) is 2.33. The molecule has 3 nitrogen and oxygen atoms in total. The summed E-state index contributed by atoms with van der Waals surface area (Å²) in [5, 5.41) is 3.45. The molecule has 2 rings (SSSR count). The van der Waals surface area contributed by atoms with Crippen LogP contribution in [0.25, 0.3) is 0 Å². The zero-order valence-corrected chi connectivity index (χ0v) is 12.5. The maximum absolute atomic E-state index is 11.7. The maximum atomic E-state index is 11.7. The number of rotatable bonds is 5. The fourth-order valence-electron chi connectivity index (χ4n) is 2.82. The van der Waals surface area contributed by atoms with Crippen molar-refractivity contribution in [1.82, 2.24) is 5.32 Å². The van der Waals surface area contributed by atoms with Gasteiger partial charge in [-0.3, -0.25) is 0 Å². The van der Waals surface area contributed by atoms with E-state index in [1.54, 1.807) is 0 Å². The molecule has 1 aromatic rings. The molecular formula is C15H23NO2S. The van der Waals surface area contributed by atoms with Crippen molar-refractivity contribution in [1.29, 1.82) is 0 Å². The van der Waals surface area contributed by atoms with Crippen LogP contribution < -0.4 is 5.32 Å². The van der Waals surface area contributed by atoms with Crippen LogP contribution in [0.5, 0.6) is 0 Å². The van der Waals surface area contributed by atoms with E-state index >= 15 is 0 Å². The topological polar surface area (TPSA) is 46.2 Å². The molecule has 1 N–H and O–H groups in total. The molecule has 2 unspecified atom stereocenters. The zero-order valence-electron chi connectivity index (χ0n) is 11.7. The van der Waals surface area contributed by atoms with Gasteiger partial charge in [-0.25, -0.2) is 8.42 Å². The van der Waals surface area contributed by atoms with Crippen molar-refractivity contribution in [2.24, 2.45) is 5.92 Å². The van der Waals surface area contributed by atoms with Gasteiger partial charge in [0.2, 0.25) is 0 Å². The first-order valence-corrected chi connectivity index (χ1v) is 8.90. The SMILES string of the molecule is CCNC(c1ccc(CC)cc1)C1CCS(=O)(=O)C1. The quantitative estimate of drug-likeness (QED) is 0.901. The number of nitrogens with one attached hydrogen (secondary N) is 1. The van der Waals surface area contributed by atoms with E-state index in [9.17, 15) is 8.42 Å². The summed E-state index contributed by atoms with van der Waals surface area (Å²) in [6.45, 7) is 5.06. The molecule has 0 bridgehead atoms. The van der Waals surface area contributed by atoms with E-state index in [4.69, 9.17) is 0 Å². The highest BCUT2D eigenvalue weighted by atomic mass is 32.2. The smallest absolute Gasteiger partial charge is 0.150 e. The lowest BCUT2D eigenvalue weighted by atomic mass is 9.91. The Morgan fingerprint density at radius 3 is 2.42 bits per heavy atom. The van der Waals surface area contributed by atoms with Gasteiger partial charge in [0.05, 0.1) is 11.5 Å². The second-order valence-corrected chi connectivity index (χ2v) is 7.52. The summed E-state index contributed by atoms with van der Waals surface area (Å²) in [5.41, 5.74) is 2.53. The first-order chi connectivity index (χ1) is 9.05. The van der Waals surface area contributed by atoms with Crippen LogP contribution >= 0.6 is 0 Å². The van der Waals surface area contributed by atoms with Crippen molar-refractivity contribution in [2.75, 3.05) is 18.1 Å². The van der Waals surface area contributed by atoms with E-state index in [2.05, 4.69) is 43.4 Å². The van der Waals surface area contributed by atoms with Crippen molar-refractivity contribution in [2.45, 2.75) is 32.7 Å². The van der Waals surface area contributed by atoms with Gasteiger partial charge in [-0.15, -0.1) is 0 Å². The lowest BCUT2D eigenvalue weighted by molar-refractivity contribution is 0.400. The first-order valence-electron chi connectivity index (χ1n) is 7.08. The Morgan fingerprint density at radius 2 is 1.95 bits per heavy atom. The Bertz CT molecular complexity index is 507. The molecule has 0 amide bonds. The minimum atomic E-state index is -2.82. The molecule has 2 atom stereocenters. The van der Waals surface area contributed by atoms with Crippen LogP contribution in [0.1, 0.15) is 37.4 Å². The van der Waals surface area contributed by atoms with E-state index in [1.165, 1.54) is 11.1 Å². The molecule has 1 aliphatic rings. The Hall–Kier alpha value is -0.870. The number of hydrogen-bond acceptors (Lipinski definition) is 3. The summed E-state index contributed by atoms with van der Waals surface area (Å²) in [5.74, 6) is 0.865. The maximum Gasteiger partial charge on any atom is 0.150 e. The molecule has 0 aliphatic carbocycles. The van der Waals surface area contributed by atoms with E-state index < -0.39 is 9.84 Å². The molecule has 1 heterocycles. The minimum absolute atomic E-state index is 0.160. The van der Waals surface area contributed by atoms with Crippen LogP contribution in [0, 0.1) is 5.92 Å². The van der Waals surface area contributed by atoms with Crippen molar-refractivity contribution in [3.05, 3.63) is 35.4 Å². The van der Waals surface area contributed by atoms with E-state index in [0.717, 1.165) is 19.4 Å². The Labute approximate surface area is 116 Å². The van der Waals surface area contributed by atoms with Crippen LogP contribution in [0.3, 0.4) is 0 Å². The van der Waals surface area contributed by atoms with Crippen LogP contribution in [0.2, 0.25) is 0 Å². The highest BCUT2D eigenvalue weighted by molar-refractivity contribution is 7.91. The molecule has 1 aliphatic heterocycles. The van der Waals surface area contributed by atoms with Gasteiger partial charge in [-0.2, -0.15) is 0 Å². The average molecular weight is 281 g/mol. The van der Waals surface area contributed by atoms with Gasteiger partial charge in [-0.1, -0.05) is 38.1 Å². The summed E-state index contributed by atoms with van der Waals surface area (Å²) in [7, 11) is -2.82. The van der Waals surface area contributed by atoms with Gasteiger partial charge in [0.25, 0.3) is 0 Å². The molecule has 106 valence electrons. The van der Waals surface area contributed by atoms with Crippen molar-refractivity contribution in [3.63, 3.8) is 0 Å². The molecule has 0 spiro atoms. The molecule has 1 saturated heterocycles. The zero-order chi connectivity index (χ0) is 13.9. The molecule has 1 fully saturated rings. The predicted molar refractivity (Wildman–Crippen MR) is 79.0 cm³/mol. The molecule has 19 heavy (non-hydrogen) atoms. The third-order valence-electron chi connectivity index (χ3n) is 3.91. The molecule has 0 saturated carbocycles. The summed E-state index contributed by atoms with van der Waals surface area (Å²) in [6.07, 6.45) is 1.81. The third kappa shape index (κ3) is 3.57. The van der Waals surface area contributed by atoms with E-state index in [1.807, 2.05) is 0 Å². The highest BCUT2D eigenvalue weighted by Gasteiger charge is 2.33. The van der Waals surface area contributed by atoms with Gasteiger partial charge in [0, 0.05) is 6.04 Å². The Kier molecular flexibility index (Phi) is 4.63. The average Bonchev–Trinajstić information content (AvgIpc) is 2.76. The van der Waals surface area contributed by atoms with Gasteiger partial charge >= 0.3 is 0 Å². The molecule has 0 radical (unpaired) electrons. The third-order valence-corrected chi connectivity index (χ3v) is 5.70. The lowest BCUT2D eigenvalue weighted by Crippen LogP contribution is -2.29. The van der Waals surface area contributed by atoms with Gasteiger partial charge < -0.3 is 5.32 Å².